The molecule has 1 heterocycles. The van der Waals surface area contributed by atoms with E-state index in [1.165, 1.54) is 20.5 Å². The van der Waals surface area contributed by atoms with E-state index in [1.54, 1.807) is 0 Å². The maximum Gasteiger partial charge on any atom is 0.257 e. The summed E-state index contributed by atoms with van der Waals surface area (Å²) in [5, 5.41) is 6.47. The SMILES string of the molecule is CCCC/C=C(/C(=O)Nc1c(Cl)c(OC)c(Br)c(OC)c1Cl)c1ncnc(Nc2ccc(OCCN(CC)CC)cc2)c1C. The Morgan fingerprint density at radius 1 is 1.02 bits per heavy atom. The number of ether oxygens (including phenoxy) is 3. The fraction of sp³-hybridized carbons (Fsp3) is 0.406. The van der Waals surface area contributed by atoms with Gasteiger partial charge in [-0.2, -0.15) is 0 Å². The molecular weight excluding hydrogens is 669 g/mol. The van der Waals surface area contributed by atoms with Crippen molar-refractivity contribution in [1.82, 2.24) is 14.9 Å². The number of methoxy groups -OCH3 is 2. The number of benzene rings is 2. The first-order chi connectivity index (χ1) is 21.2. The van der Waals surface area contributed by atoms with Crippen LogP contribution in [0.15, 0.2) is 41.1 Å². The number of unbranched alkanes of at least 4 members (excludes halogenated alkanes) is 2. The smallest absolute Gasteiger partial charge is 0.257 e. The van der Waals surface area contributed by atoms with Gasteiger partial charge in [0.25, 0.3) is 5.91 Å². The lowest BCUT2D eigenvalue weighted by molar-refractivity contribution is -0.111. The first-order valence-electron chi connectivity index (χ1n) is 14.5. The Bertz CT molecular complexity index is 1420. The molecule has 0 saturated heterocycles. The Kier molecular flexibility index (Phi) is 14.0. The van der Waals surface area contributed by atoms with Crippen molar-refractivity contribution in [3.8, 4) is 17.2 Å². The van der Waals surface area contributed by atoms with Gasteiger partial charge in [-0.25, -0.2) is 9.97 Å². The minimum Gasteiger partial charge on any atom is -0.494 e. The normalized spacial score (nSPS) is 11.5. The molecule has 12 heteroatoms. The van der Waals surface area contributed by atoms with Crippen molar-refractivity contribution in [3.05, 3.63) is 62.4 Å². The van der Waals surface area contributed by atoms with Crippen molar-refractivity contribution in [2.24, 2.45) is 0 Å². The highest BCUT2D eigenvalue weighted by Gasteiger charge is 2.26. The molecule has 0 aliphatic carbocycles. The number of anilines is 3. The highest BCUT2D eigenvalue weighted by molar-refractivity contribution is 9.10. The molecule has 44 heavy (non-hydrogen) atoms. The van der Waals surface area contributed by atoms with Crippen LogP contribution < -0.4 is 24.8 Å². The number of carbonyl (C=O) groups is 1. The second-order valence-corrected chi connectivity index (χ2v) is 11.4. The van der Waals surface area contributed by atoms with E-state index < -0.39 is 5.91 Å². The molecule has 0 saturated carbocycles. The summed E-state index contributed by atoms with van der Waals surface area (Å²) in [6.07, 6.45) is 5.85. The van der Waals surface area contributed by atoms with E-state index in [0.717, 1.165) is 43.9 Å². The van der Waals surface area contributed by atoms with Crippen LogP contribution in [0.2, 0.25) is 10.0 Å². The first kappa shape index (κ1) is 35.4. The monoisotopic (exact) mass is 707 g/mol. The third-order valence-corrected chi connectivity index (χ3v) is 8.50. The van der Waals surface area contributed by atoms with E-state index in [2.05, 4.69) is 62.2 Å². The van der Waals surface area contributed by atoms with Gasteiger partial charge in [0.1, 0.15) is 39.0 Å². The summed E-state index contributed by atoms with van der Waals surface area (Å²) in [5.74, 6) is 1.49. The third-order valence-electron chi connectivity index (χ3n) is 7.06. The molecular formula is C32H40BrCl2N5O4. The lowest BCUT2D eigenvalue weighted by Gasteiger charge is -2.19. The van der Waals surface area contributed by atoms with Gasteiger partial charge < -0.3 is 29.7 Å². The van der Waals surface area contributed by atoms with Crippen molar-refractivity contribution in [2.75, 3.05) is 51.1 Å². The summed E-state index contributed by atoms with van der Waals surface area (Å²) >= 11 is 16.6. The first-order valence-corrected chi connectivity index (χ1v) is 16.1. The molecule has 9 nitrogen and oxygen atoms in total. The lowest BCUT2D eigenvalue weighted by atomic mass is 10.0. The molecule has 0 radical (unpaired) electrons. The third kappa shape index (κ3) is 8.78. The second kappa shape index (κ2) is 17.4. The minimum absolute atomic E-state index is 0.133. The predicted octanol–water partition coefficient (Wildman–Crippen LogP) is 8.55. The predicted molar refractivity (Wildman–Crippen MR) is 183 cm³/mol. The minimum atomic E-state index is -0.435. The van der Waals surface area contributed by atoms with Gasteiger partial charge >= 0.3 is 0 Å². The van der Waals surface area contributed by atoms with Gasteiger partial charge in [0.05, 0.1) is 31.2 Å². The number of aromatic nitrogens is 2. The Labute approximate surface area is 278 Å². The summed E-state index contributed by atoms with van der Waals surface area (Å²) in [7, 11) is 2.93. The van der Waals surface area contributed by atoms with Crippen molar-refractivity contribution < 1.29 is 19.0 Å². The van der Waals surface area contributed by atoms with Gasteiger partial charge in [-0.1, -0.05) is 62.9 Å². The molecule has 0 aliphatic rings. The molecule has 2 N–H and O–H groups in total. The largest absolute Gasteiger partial charge is 0.494 e. The van der Waals surface area contributed by atoms with Gasteiger partial charge in [-0.05, 0) is 66.6 Å². The van der Waals surface area contributed by atoms with E-state index in [-0.39, 0.29) is 27.2 Å². The molecule has 0 atom stereocenters. The van der Waals surface area contributed by atoms with E-state index in [0.29, 0.717) is 40.1 Å². The van der Waals surface area contributed by atoms with Crippen molar-refractivity contribution in [2.45, 2.75) is 47.0 Å². The number of amides is 1. The number of nitrogens with zero attached hydrogens (tertiary/aromatic N) is 3. The number of rotatable bonds is 16. The Hall–Kier alpha value is -3.05. The maximum absolute atomic E-state index is 13.8. The topological polar surface area (TPSA) is 97.8 Å². The summed E-state index contributed by atoms with van der Waals surface area (Å²) in [4.78, 5) is 25.1. The molecule has 0 aliphatic heterocycles. The Morgan fingerprint density at radius 3 is 2.23 bits per heavy atom. The second-order valence-electron chi connectivity index (χ2n) is 9.82. The molecule has 1 aromatic heterocycles. The number of likely N-dealkylation sites (N-methyl/N-ethyl adjacent to an activating group) is 1. The molecule has 3 aromatic rings. The van der Waals surface area contributed by atoms with E-state index >= 15 is 0 Å². The zero-order valence-electron chi connectivity index (χ0n) is 26.0. The van der Waals surface area contributed by atoms with Crippen LogP contribution in [0.5, 0.6) is 17.2 Å². The Balaban J connectivity index is 1.88. The van der Waals surface area contributed by atoms with Crippen molar-refractivity contribution in [3.63, 3.8) is 0 Å². The number of hydrogen-bond donors (Lipinski definition) is 2. The quantitative estimate of drug-likeness (QED) is 0.113. The van der Waals surface area contributed by atoms with Gasteiger partial charge in [0.15, 0.2) is 11.5 Å². The van der Waals surface area contributed by atoms with Crippen molar-refractivity contribution in [1.29, 1.82) is 0 Å². The Morgan fingerprint density at radius 2 is 1.66 bits per heavy atom. The van der Waals surface area contributed by atoms with Crippen LogP contribution in [-0.2, 0) is 4.79 Å². The molecule has 1 amide bonds. The van der Waals surface area contributed by atoms with Gasteiger partial charge in [0, 0.05) is 17.8 Å². The number of allylic oxidation sites excluding steroid dienone is 1. The van der Waals surface area contributed by atoms with Crippen LogP contribution in [0.25, 0.3) is 5.57 Å². The molecule has 2 aromatic carbocycles. The molecule has 3 rings (SSSR count). The van der Waals surface area contributed by atoms with Crippen molar-refractivity contribution >= 4 is 67.8 Å². The van der Waals surface area contributed by atoms with Gasteiger partial charge in [-0.3, -0.25) is 4.79 Å². The standard InChI is InChI=1S/C32H40BrCl2N5O4/c1-7-10-11-12-23(32(41)39-28-25(34)29(42-5)24(33)30(43-6)26(28)35)27-20(4)31(37-19-36-27)38-21-13-15-22(16-14-21)44-18-17-40(8-2)9-3/h12-16,19H,7-11,17-18H2,1-6H3,(H,39,41)(H,36,37,38)/b23-12+. The van der Waals surface area contributed by atoms with Crippen LogP contribution in [0.4, 0.5) is 17.2 Å². The molecule has 238 valence electrons. The fourth-order valence-electron chi connectivity index (χ4n) is 4.47. The van der Waals surface area contributed by atoms with E-state index in [1.807, 2.05) is 37.3 Å². The number of hydrogen-bond acceptors (Lipinski definition) is 8. The summed E-state index contributed by atoms with van der Waals surface area (Å²) in [6, 6.07) is 7.69. The average molecular weight is 710 g/mol. The molecule has 0 fully saturated rings. The summed E-state index contributed by atoms with van der Waals surface area (Å²) in [6.45, 7) is 11.7. The van der Waals surface area contributed by atoms with Crippen LogP contribution in [0.1, 0.15) is 51.3 Å². The summed E-state index contributed by atoms with van der Waals surface area (Å²) in [5.41, 5.74) is 2.54. The van der Waals surface area contributed by atoms with Gasteiger partial charge in [-0.15, -0.1) is 0 Å². The van der Waals surface area contributed by atoms with Crippen LogP contribution >= 0.6 is 39.1 Å². The molecule has 0 bridgehead atoms. The zero-order chi connectivity index (χ0) is 32.2. The fourth-order valence-corrected chi connectivity index (χ4v) is 6.09. The summed E-state index contributed by atoms with van der Waals surface area (Å²) < 4.78 is 17.2. The van der Waals surface area contributed by atoms with Gasteiger partial charge in [0.2, 0.25) is 0 Å². The van der Waals surface area contributed by atoms with Crippen LogP contribution in [0, 0.1) is 6.92 Å². The number of carbonyl (C=O) groups excluding carboxylic acids is 1. The number of nitrogens with one attached hydrogen (secondary N) is 2. The molecule has 0 spiro atoms. The highest BCUT2D eigenvalue weighted by Crippen LogP contribution is 2.50. The zero-order valence-corrected chi connectivity index (χ0v) is 29.1. The van der Waals surface area contributed by atoms with Crippen LogP contribution in [-0.4, -0.2) is 61.2 Å². The molecule has 0 unspecified atom stereocenters. The average Bonchev–Trinajstić information content (AvgIpc) is 3.02. The van der Waals surface area contributed by atoms with E-state index in [9.17, 15) is 4.79 Å². The van der Waals surface area contributed by atoms with Crippen LogP contribution in [0.3, 0.4) is 0 Å². The maximum atomic E-state index is 13.8. The highest BCUT2D eigenvalue weighted by atomic mass is 79.9. The lowest BCUT2D eigenvalue weighted by Crippen LogP contribution is -2.27. The number of halogens is 3. The van der Waals surface area contributed by atoms with E-state index in [4.69, 9.17) is 37.4 Å².